The van der Waals surface area contributed by atoms with E-state index < -0.39 is 12.1 Å². The fourth-order valence-electron chi connectivity index (χ4n) is 3.21. The number of fused-ring (bicyclic) bond motifs is 1. The van der Waals surface area contributed by atoms with E-state index in [0.717, 1.165) is 0 Å². The summed E-state index contributed by atoms with van der Waals surface area (Å²) in [5.41, 5.74) is 6.58. The van der Waals surface area contributed by atoms with Crippen molar-refractivity contribution < 1.29 is 9.59 Å². The van der Waals surface area contributed by atoms with Gasteiger partial charge >= 0.3 is 0 Å². The summed E-state index contributed by atoms with van der Waals surface area (Å²) in [4.78, 5) is 26.7. The van der Waals surface area contributed by atoms with Gasteiger partial charge in [-0.05, 0) is 25.4 Å². The van der Waals surface area contributed by atoms with Gasteiger partial charge in [-0.1, -0.05) is 5.21 Å². The third-order valence-electron chi connectivity index (χ3n) is 4.44. The summed E-state index contributed by atoms with van der Waals surface area (Å²) < 4.78 is 3.64. The van der Waals surface area contributed by atoms with Crippen LogP contribution in [0.15, 0.2) is 11.6 Å². The molecule has 10 nitrogen and oxygen atoms in total. The highest BCUT2D eigenvalue weighted by molar-refractivity contribution is 8.01. The molecule has 0 saturated carbocycles. The first kappa shape index (κ1) is 16.4. The smallest absolute Gasteiger partial charge is 0.249 e. The molecule has 2 aliphatic heterocycles. The summed E-state index contributed by atoms with van der Waals surface area (Å²) in [6.45, 7) is 4.04. The number of aromatic nitrogens is 5. The highest BCUT2D eigenvalue weighted by Crippen LogP contribution is 2.56. The van der Waals surface area contributed by atoms with Crippen LogP contribution >= 0.6 is 23.3 Å². The van der Waals surface area contributed by atoms with Crippen LogP contribution in [-0.2, 0) is 9.59 Å². The van der Waals surface area contributed by atoms with Crippen molar-refractivity contribution in [2.75, 3.05) is 0 Å². The Labute approximate surface area is 151 Å². The maximum Gasteiger partial charge on any atom is 0.249 e. The molecule has 25 heavy (non-hydrogen) atoms. The second-order valence-electron chi connectivity index (χ2n) is 6.45. The van der Waals surface area contributed by atoms with Crippen molar-refractivity contribution >= 4 is 35.1 Å². The number of amides is 2. The standard InChI is InChI=1S/C13H16N8O2S2/c1-13(2)8(9-17-19-20-18-9)21-11(23)7(12(21)25-13)16-10(22)6(14)5-3-15-24-4-5/h3-4,6-8,12H,14H2,1-2H3,(H,16,22)(H,17,18,19,20)/t6?,7?,8?,12-/m0/s1. The van der Waals surface area contributed by atoms with E-state index in [1.807, 2.05) is 13.8 Å². The number of hydrogen-bond acceptors (Lipinski definition) is 9. The van der Waals surface area contributed by atoms with Crippen molar-refractivity contribution in [1.29, 1.82) is 0 Å². The van der Waals surface area contributed by atoms with E-state index in [-0.39, 0.29) is 28.0 Å². The number of aromatic amines is 1. The van der Waals surface area contributed by atoms with Gasteiger partial charge in [-0.25, -0.2) is 4.37 Å². The summed E-state index contributed by atoms with van der Waals surface area (Å²) in [5.74, 6) is -0.0827. The van der Waals surface area contributed by atoms with Gasteiger partial charge in [0.2, 0.25) is 11.8 Å². The summed E-state index contributed by atoms with van der Waals surface area (Å²) in [6.07, 6.45) is 1.56. The Bertz CT molecular complexity index is 793. The summed E-state index contributed by atoms with van der Waals surface area (Å²) in [7, 11) is 0. The summed E-state index contributed by atoms with van der Waals surface area (Å²) in [6, 6.07) is -1.74. The van der Waals surface area contributed by atoms with E-state index in [1.54, 1.807) is 28.2 Å². The average molecular weight is 380 g/mol. The van der Waals surface area contributed by atoms with Crippen molar-refractivity contribution in [3.63, 3.8) is 0 Å². The lowest BCUT2D eigenvalue weighted by Crippen LogP contribution is -2.68. The van der Waals surface area contributed by atoms with Crippen LogP contribution in [0, 0.1) is 0 Å². The van der Waals surface area contributed by atoms with Gasteiger partial charge in [0.1, 0.15) is 23.5 Å². The van der Waals surface area contributed by atoms with E-state index >= 15 is 0 Å². The third kappa shape index (κ3) is 2.51. The molecular weight excluding hydrogens is 364 g/mol. The molecule has 0 radical (unpaired) electrons. The van der Waals surface area contributed by atoms with Gasteiger partial charge in [0.15, 0.2) is 5.82 Å². The van der Waals surface area contributed by atoms with Gasteiger partial charge < -0.3 is 16.0 Å². The van der Waals surface area contributed by atoms with Crippen LogP contribution in [-0.4, -0.2) is 57.9 Å². The molecule has 0 aromatic carbocycles. The van der Waals surface area contributed by atoms with Gasteiger partial charge in [-0.15, -0.1) is 22.0 Å². The number of nitrogens with one attached hydrogen (secondary N) is 2. The first-order valence-corrected chi connectivity index (χ1v) is 9.30. The Balaban J connectivity index is 1.50. The molecule has 4 N–H and O–H groups in total. The fraction of sp³-hybridized carbons (Fsp3) is 0.538. The molecular formula is C13H16N8O2S2. The lowest BCUT2D eigenvalue weighted by molar-refractivity contribution is -0.152. The molecule has 4 heterocycles. The molecule has 4 rings (SSSR count). The SMILES string of the molecule is CC1(C)S[C@H]2C(NC(=O)C(N)c3cnsc3)C(=O)N2C1c1nn[nH]n1. The number of hydrogen-bond donors (Lipinski definition) is 3. The van der Waals surface area contributed by atoms with Crippen LogP contribution in [0.2, 0.25) is 0 Å². The molecule has 2 saturated heterocycles. The van der Waals surface area contributed by atoms with Gasteiger partial charge in [0, 0.05) is 21.9 Å². The molecule has 3 unspecified atom stereocenters. The van der Waals surface area contributed by atoms with Gasteiger partial charge in [0.25, 0.3) is 0 Å². The lowest BCUT2D eigenvalue weighted by Gasteiger charge is -2.44. The first-order chi connectivity index (χ1) is 11.9. The highest BCUT2D eigenvalue weighted by atomic mass is 32.2. The minimum atomic E-state index is -0.840. The molecule has 2 fully saturated rings. The van der Waals surface area contributed by atoms with Gasteiger partial charge in [-0.3, -0.25) is 9.59 Å². The quantitative estimate of drug-likeness (QED) is 0.607. The van der Waals surface area contributed by atoms with Gasteiger partial charge in [0.05, 0.1) is 0 Å². The minimum absolute atomic E-state index is 0.165. The number of tetrazole rings is 1. The summed E-state index contributed by atoms with van der Waals surface area (Å²) in [5, 5.41) is 18.4. The second-order valence-corrected chi connectivity index (χ2v) is 8.88. The first-order valence-electron chi connectivity index (χ1n) is 7.59. The van der Waals surface area contributed by atoms with Gasteiger partial charge in [-0.2, -0.15) is 5.21 Å². The number of nitrogens with zero attached hydrogens (tertiary/aromatic N) is 5. The molecule has 0 spiro atoms. The number of thioether (sulfide) groups is 1. The molecule has 0 aliphatic carbocycles. The molecule has 4 atom stereocenters. The number of carbonyl (C=O) groups is 2. The van der Waals surface area contributed by atoms with Crippen molar-refractivity contribution in [2.45, 2.75) is 42.1 Å². The Morgan fingerprint density at radius 2 is 2.32 bits per heavy atom. The molecule has 12 heteroatoms. The Morgan fingerprint density at radius 3 is 2.96 bits per heavy atom. The number of nitrogens with two attached hydrogens (primary N) is 1. The Hall–Kier alpha value is -2.05. The maximum absolute atomic E-state index is 12.6. The van der Waals surface area contributed by atoms with Crippen molar-refractivity contribution in [2.24, 2.45) is 5.73 Å². The predicted octanol–water partition coefficient (Wildman–Crippen LogP) is -0.424. The van der Waals surface area contributed by atoms with Crippen LogP contribution in [0.25, 0.3) is 0 Å². The Kier molecular flexibility index (Phi) is 3.77. The molecule has 2 amide bonds. The largest absolute Gasteiger partial charge is 0.340 e. The van der Waals surface area contributed by atoms with E-state index in [0.29, 0.717) is 11.4 Å². The molecule has 0 bridgehead atoms. The lowest BCUT2D eigenvalue weighted by atomic mass is 9.95. The fourth-order valence-corrected chi connectivity index (χ4v) is 5.41. The topological polar surface area (TPSA) is 143 Å². The van der Waals surface area contributed by atoms with E-state index in [2.05, 4.69) is 30.3 Å². The van der Waals surface area contributed by atoms with Crippen molar-refractivity contribution in [1.82, 2.24) is 35.2 Å². The number of H-pyrrole nitrogens is 1. The number of carbonyl (C=O) groups excluding carboxylic acids is 2. The maximum atomic E-state index is 12.6. The second kappa shape index (κ2) is 5.75. The van der Waals surface area contributed by atoms with Crippen LogP contribution in [0.4, 0.5) is 0 Å². The van der Waals surface area contributed by atoms with Crippen molar-refractivity contribution in [3.8, 4) is 0 Å². The van der Waals surface area contributed by atoms with Crippen LogP contribution < -0.4 is 11.1 Å². The minimum Gasteiger partial charge on any atom is -0.340 e. The number of rotatable bonds is 4. The predicted molar refractivity (Wildman–Crippen MR) is 90.2 cm³/mol. The van der Waals surface area contributed by atoms with Crippen LogP contribution in [0.3, 0.4) is 0 Å². The summed E-state index contributed by atoms with van der Waals surface area (Å²) >= 11 is 2.83. The molecule has 2 aliphatic rings. The monoisotopic (exact) mass is 380 g/mol. The Morgan fingerprint density at radius 1 is 1.52 bits per heavy atom. The van der Waals surface area contributed by atoms with E-state index in [9.17, 15) is 9.59 Å². The zero-order chi connectivity index (χ0) is 17.8. The molecule has 2 aromatic heterocycles. The third-order valence-corrected chi connectivity index (χ3v) is 6.61. The van der Waals surface area contributed by atoms with Crippen LogP contribution in [0.5, 0.6) is 0 Å². The molecule has 132 valence electrons. The number of β-lactam (4-membered cyclic amide) rings is 1. The zero-order valence-electron chi connectivity index (χ0n) is 13.4. The molecule has 2 aromatic rings. The van der Waals surface area contributed by atoms with Crippen molar-refractivity contribution in [3.05, 3.63) is 23.0 Å². The average Bonchev–Trinajstić information content (AvgIpc) is 3.30. The van der Waals surface area contributed by atoms with E-state index in [4.69, 9.17) is 5.73 Å². The highest BCUT2D eigenvalue weighted by Gasteiger charge is 2.63. The van der Waals surface area contributed by atoms with Crippen LogP contribution in [0.1, 0.15) is 37.3 Å². The normalized spacial score (nSPS) is 28.4. The van der Waals surface area contributed by atoms with E-state index in [1.165, 1.54) is 11.5 Å². The zero-order valence-corrected chi connectivity index (χ0v) is 15.0.